The summed E-state index contributed by atoms with van der Waals surface area (Å²) in [6.07, 6.45) is 8.56. The fraction of sp³-hybridized carbons (Fsp3) is 0.583. The topological polar surface area (TPSA) is 41.4 Å². The molecule has 3 heterocycles. The summed E-state index contributed by atoms with van der Waals surface area (Å²) in [5.41, 5.74) is 2.04. The van der Waals surface area contributed by atoms with Crippen molar-refractivity contribution in [1.29, 1.82) is 0 Å². The van der Waals surface area contributed by atoms with Gasteiger partial charge in [0.25, 0.3) is 5.91 Å². The molecule has 5 nitrogen and oxygen atoms in total. The van der Waals surface area contributed by atoms with Crippen LogP contribution in [0.4, 0.5) is 0 Å². The second kappa shape index (κ2) is 8.70. The van der Waals surface area contributed by atoms with Gasteiger partial charge in [-0.3, -0.25) is 9.48 Å². The summed E-state index contributed by atoms with van der Waals surface area (Å²) < 4.78 is 1.88. The normalized spacial score (nSPS) is 25.7. The van der Waals surface area contributed by atoms with Crippen LogP contribution in [0.3, 0.4) is 0 Å². The third-order valence-electron chi connectivity index (χ3n) is 6.71. The Balaban J connectivity index is 1.68. The van der Waals surface area contributed by atoms with E-state index in [2.05, 4.69) is 66.1 Å². The largest absolute Gasteiger partial charge is 0.329 e. The molecule has 4 rings (SSSR count). The number of rotatable bonds is 4. The zero-order valence-electron chi connectivity index (χ0n) is 18.0. The van der Waals surface area contributed by atoms with Gasteiger partial charge in [0.2, 0.25) is 0 Å². The highest BCUT2D eigenvalue weighted by Crippen LogP contribution is 2.36. The van der Waals surface area contributed by atoms with Gasteiger partial charge in [0.15, 0.2) is 0 Å². The number of carbonyl (C=O) groups is 1. The van der Waals surface area contributed by atoms with Crippen LogP contribution in [0.1, 0.15) is 68.0 Å². The van der Waals surface area contributed by atoms with E-state index in [-0.39, 0.29) is 24.0 Å². The molecule has 29 heavy (non-hydrogen) atoms. The van der Waals surface area contributed by atoms with Crippen molar-refractivity contribution in [1.82, 2.24) is 19.6 Å². The maximum atomic E-state index is 13.8. The molecule has 0 saturated carbocycles. The van der Waals surface area contributed by atoms with Crippen molar-refractivity contribution < 1.29 is 4.79 Å². The number of aromatic nitrogens is 2. The maximum absolute atomic E-state index is 13.8. The van der Waals surface area contributed by atoms with Crippen molar-refractivity contribution in [3.8, 4) is 0 Å². The van der Waals surface area contributed by atoms with Crippen LogP contribution >= 0.6 is 0 Å². The fourth-order valence-electron chi connectivity index (χ4n) is 5.28. The van der Waals surface area contributed by atoms with E-state index in [9.17, 15) is 4.79 Å². The van der Waals surface area contributed by atoms with Crippen molar-refractivity contribution in [2.75, 3.05) is 13.6 Å². The predicted octanol–water partition coefficient (Wildman–Crippen LogP) is 4.16. The Labute approximate surface area is 174 Å². The molecule has 0 spiro atoms. The molecule has 2 aromatic rings. The Morgan fingerprint density at radius 3 is 2.66 bits per heavy atom. The molecule has 1 amide bonds. The van der Waals surface area contributed by atoms with E-state index in [1.165, 1.54) is 24.8 Å². The zero-order chi connectivity index (χ0) is 20.4. The number of benzene rings is 1. The Morgan fingerprint density at radius 1 is 1.10 bits per heavy atom. The molecule has 5 heteroatoms. The number of amides is 1. The van der Waals surface area contributed by atoms with Gasteiger partial charge < -0.3 is 9.80 Å². The van der Waals surface area contributed by atoms with Crippen LogP contribution in [0.15, 0.2) is 42.6 Å². The summed E-state index contributed by atoms with van der Waals surface area (Å²) in [4.78, 5) is 18.6. The van der Waals surface area contributed by atoms with Crippen LogP contribution in [0.2, 0.25) is 0 Å². The number of carbonyl (C=O) groups excluding carboxylic acids is 1. The van der Waals surface area contributed by atoms with Gasteiger partial charge in [-0.25, -0.2) is 0 Å². The number of fused-ring (bicyclic) bond motifs is 1. The Hall–Kier alpha value is -2.14. The highest BCUT2D eigenvalue weighted by atomic mass is 16.2. The molecular formula is C24H34N4O. The summed E-state index contributed by atoms with van der Waals surface area (Å²) in [6.45, 7) is 5.30. The van der Waals surface area contributed by atoms with Crippen molar-refractivity contribution in [3.05, 3.63) is 53.9 Å². The summed E-state index contributed by atoms with van der Waals surface area (Å²) in [7, 11) is 2.24. The molecule has 0 bridgehead atoms. The van der Waals surface area contributed by atoms with Gasteiger partial charge in [0.1, 0.15) is 5.69 Å². The smallest absolute Gasteiger partial charge is 0.272 e. The molecule has 0 aliphatic carbocycles. The molecule has 0 N–H and O–H groups in total. The maximum Gasteiger partial charge on any atom is 0.272 e. The first-order valence-electron chi connectivity index (χ1n) is 11.2. The Morgan fingerprint density at radius 2 is 1.90 bits per heavy atom. The fourth-order valence-corrected chi connectivity index (χ4v) is 5.28. The number of likely N-dealkylation sites (N-methyl/N-ethyl adjacent to an activating group) is 1. The molecule has 2 fully saturated rings. The summed E-state index contributed by atoms with van der Waals surface area (Å²) in [5.74, 6) is 0.151. The minimum atomic E-state index is 0.151. The molecule has 156 valence electrons. The summed E-state index contributed by atoms with van der Waals surface area (Å²) >= 11 is 0. The first-order chi connectivity index (χ1) is 14.1. The lowest BCUT2D eigenvalue weighted by Crippen LogP contribution is -2.48. The van der Waals surface area contributed by atoms with Gasteiger partial charge in [0, 0.05) is 30.4 Å². The van der Waals surface area contributed by atoms with Gasteiger partial charge in [0.05, 0.1) is 0 Å². The number of hydrogen-bond acceptors (Lipinski definition) is 3. The van der Waals surface area contributed by atoms with Gasteiger partial charge in [-0.15, -0.1) is 0 Å². The Kier molecular flexibility index (Phi) is 6.04. The van der Waals surface area contributed by atoms with Crippen molar-refractivity contribution in [2.45, 2.75) is 76.5 Å². The number of nitrogens with zero attached hydrogens (tertiary/aromatic N) is 4. The first kappa shape index (κ1) is 20.1. The third-order valence-corrected chi connectivity index (χ3v) is 6.71. The molecule has 2 aliphatic rings. The molecule has 1 aromatic heterocycles. The van der Waals surface area contributed by atoms with Crippen LogP contribution in [0, 0.1) is 0 Å². The predicted molar refractivity (Wildman–Crippen MR) is 116 cm³/mol. The van der Waals surface area contributed by atoms with E-state index in [4.69, 9.17) is 0 Å². The SMILES string of the molecule is CC(C)n1nccc1C(=O)N1[C@H](Cc2ccccc2)C[C@H]2[C@H]1CCCCCN2C. The van der Waals surface area contributed by atoms with E-state index in [1.54, 1.807) is 6.20 Å². The van der Waals surface area contributed by atoms with E-state index in [0.717, 1.165) is 31.5 Å². The van der Waals surface area contributed by atoms with Crippen LogP contribution < -0.4 is 0 Å². The van der Waals surface area contributed by atoms with E-state index in [0.29, 0.717) is 6.04 Å². The average Bonchev–Trinajstić information content (AvgIpc) is 3.32. The lowest BCUT2D eigenvalue weighted by molar-refractivity contribution is 0.0589. The third kappa shape index (κ3) is 4.11. The highest BCUT2D eigenvalue weighted by Gasteiger charge is 2.46. The molecular weight excluding hydrogens is 360 g/mol. The van der Waals surface area contributed by atoms with Crippen molar-refractivity contribution >= 4 is 5.91 Å². The minimum Gasteiger partial charge on any atom is -0.329 e. The second-order valence-corrected chi connectivity index (χ2v) is 9.01. The molecule has 2 saturated heterocycles. The molecule has 0 radical (unpaired) electrons. The average molecular weight is 395 g/mol. The van der Waals surface area contributed by atoms with E-state index >= 15 is 0 Å². The minimum absolute atomic E-state index is 0.151. The van der Waals surface area contributed by atoms with Crippen LogP contribution in [0.25, 0.3) is 0 Å². The standard InChI is InChI=1S/C24H34N4O/c1-18(2)28-22(13-14-25-28)24(29)27-20(16-19-10-6-4-7-11-19)17-23-21(27)12-8-5-9-15-26(23)3/h4,6-7,10-11,13-14,18,20-21,23H,5,8-9,12,15-17H2,1-3H3/t20-,21-,23+/m1/s1. The van der Waals surface area contributed by atoms with Gasteiger partial charge in [-0.05, 0) is 64.8 Å². The van der Waals surface area contributed by atoms with Crippen molar-refractivity contribution in [2.24, 2.45) is 0 Å². The van der Waals surface area contributed by atoms with E-state index < -0.39 is 0 Å². The quantitative estimate of drug-likeness (QED) is 0.782. The Bertz CT molecular complexity index is 815. The van der Waals surface area contributed by atoms with Gasteiger partial charge in [-0.1, -0.05) is 43.2 Å². The van der Waals surface area contributed by atoms with Crippen LogP contribution in [0.5, 0.6) is 0 Å². The summed E-state index contributed by atoms with van der Waals surface area (Å²) in [6, 6.07) is 13.7. The van der Waals surface area contributed by atoms with Crippen LogP contribution in [-0.4, -0.2) is 57.2 Å². The second-order valence-electron chi connectivity index (χ2n) is 9.01. The van der Waals surface area contributed by atoms with E-state index in [1.807, 2.05) is 10.7 Å². The van der Waals surface area contributed by atoms with Gasteiger partial charge in [-0.2, -0.15) is 5.10 Å². The number of hydrogen-bond donors (Lipinski definition) is 0. The zero-order valence-corrected chi connectivity index (χ0v) is 18.0. The van der Waals surface area contributed by atoms with Gasteiger partial charge >= 0.3 is 0 Å². The molecule has 3 atom stereocenters. The van der Waals surface area contributed by atoms with Crippen LogP contribution in [-0.2, 0) is 6.42 Å². The summed E-state index contributed by atoms with van der Waals surface area (Å²) in [5, 5.41) is 4.43. The molecule has 1 aromatic carbocycles. The molecule has 0 unspecified atom stereocenters. The first-order valence-corrected chi connectivity index (χ1v) is 11.2. The highest BCUT2D eigenvalue weighted by molar-refractivity contribution is 5.93. The van der Waals surface area contributed by atoms with Crippen molar-refractivity contribution in [3.63, 3.8) is 0 Å². The number of likely N-dealkylation sites (tertiary alicyclic amines) is 2. The lowest BCUT2D eigenvalue weighted by Gasteiger charge is -2.36. The molecule has 2 aliphatic heterocycles. The lowest BCUT2D eigenvalue weighted by atomic mass is 9.96. The monoisotopic (exact) mass is 394 g/mol.